The second-order valence-corrected chi connectivity index (χ2v) is 5.03. The zero-order valence-electron chi connectivity index (χ0n) is 11.8. The monoisotopic (exact) mass is 277 g/mol. The number of aliphatic carboxylic acids is 1. The van der Waals surface area contributed by atoms with E-state index < -0.39 is 5.97 Å². The number of fused-ring (bicyclic) bond motifs is 1. The zero-order valence-corrected chi connectivity index (χ0v) is 11.8. The third-order valence-electron chi connectivity index (χ3n) is 3.70. The van der Waals surface area contributed by atoms with Crippen LogP contribution in [-0.2, 0) is 9.59 Å². The van der Waals surface area contributed by atoms with Gasteiger partial charge < -0.3 is 14.7 Å². The summed E-state index contributed by atoms with van der Waals surface area (Å²) in [4.78, 5) is 24.5. The Morgan fingerprint density at radius 2 is 2.20 bits per heavy atom. The van der Waals surface area contributed by atoms with Crippen LogP contribution in [0.4, 0.5) is 5.69 Å². The van der Waals surface area contributed by atoms with Crippen molar-refractivity contribution in [2.75, 3.05) is 18.6 Å². The highest BCUT2D eigenvalue weighted by Gasteiger charge is 2.26. The number of nitrogens with zero attached hydrogens (tertiary/aromatic N) is 1. The Hall–Kier alpha value is -2.04. The van der Waals surface area contributed by atoms with Crippen LogP contribution in [0.15, 0.2) is 18.2 Å². The largest absolute Gasteiger partial charge is 0.497 e. The number of ether oxygens (including phenoxy) is 1. The van der Waals surface area contributed by atoms with Gasteiger partial charge in [0.2, 0.25) is 5.91 Å². The van der Waals surface area contributed by atoms with Gasteiger partial charge in [-0.3, -0.25) is 9.59 Å². The molecule has 108 valence electrons. The van der Waals surface area contributed by atoms with Crippen molar-refractivity contribution in [3.8, 4) is 5.75 Å². The van der Waals surface area contributed by atoms with Crippen molar-refractivity contribution >= 4 is 17.6 Å². The predicted molar refractivity (Wildman–Crippen MR) is 75.2 cm³/mol. The smallest absolute Gasteiger partial charge is 0.303 e. The Labute approximate surface area is 118 Å². The molecule has 1 amide bonds. The third-order valence-corrected chi connectivity index (χ3v) is 3.70. The van der Waals surface area contributed by atoms with Gasteiger partial charge in [0.1, 0.15) is 5.75 Å². The highest BCUT2D eigenvalue weighted by molar-refractivity contribution is 5.93. The summed E-state index contributed by atoms with van der Waals surface area (Å²) in [6, 6.07) is 5.50. The minimum absolute atomic E-state index is 0.0209. The van der Waals surface area contributed by atoms with Crippen molar-refractivity contribution < 1.29 is 19.4 Å². The van der Waals surface area contributed by atoms with Crippen molar-refractivity contribution in [2.24, 2.45) is 0 Å². The SMILES string of the molecule is COc1ccc2c(c1)C(CC(=O)O)CCCN2C(C)=O. The van der Waals surface area contributed by atoms with Crippen LogP contribution < -0.4 is 9.64 Å². The number of hydrogen-bond acceptors (Lipinski definition) is 3. The molecular weight excluding hydrogens is 258 g/mol. The van der Waals surface area contributed by atoms with E-state index in [1.165, 1.54) is 6.92 Å². The molecule has 0 saturated heterocycles. The molecule has 1 aliphatic rings. The molecule has 1 aromatic rings. The van der Waals surface area contributed by atoms with Crippen molar-refractivity contribution in [3.63, 3.8) is 0 Å². The van der Waals surface area contributed by atoms with Gasteiger partial charge in [-0.2, -0.15) is 0 Å². The fourth-order valence-corrected chi connectivity index (χ4v) is 2.75. The van der Waals surface area contributed by atoms with Crippen molar-refractivity contribution in [3.05, 3.63) is 23.8 Å². The van der Waals surface area contributed by atoms with Crippen LogP contribution in [0, 0.1) is 0 Å². The molecule has 0 radical (unpaired) electrons. The van der Waals surface area contributed by atoms with Gasteiger partial charge in [0.25, 0.3) is 0 Å². The molecule has 0 spiro atoms. The number of anilines is 1. The fourth-order valence-electron chi connectivity index (χ4n) is 2.75. The van der Waals surface area contributed by atoms with E-state index >= 15 is 0 Å². The van der Waals surface area contributed by atoms with Crippen LogP contribution in [0.2, 0.25) is 0 Å². The summed E-state index contributed by atoms with van der Waals surface area (Å²) < 4.78 is 5.22. The number of methoxy groups -OCH3 is 1. The van der Waals surface area contributed by atoms with Gasteiger partial charge in [-0.05, 0) is 42.5 Å². The highest BCUT2D eigenvalue weighted by Crippen LogP contribution is 2.38. The molecule has 20 heavy (non-hydrogen) atoms. The maximum absolute atomic E-state index is 11.8. The van der Waals surface area contributed by atoms with Gasteiger partial charge in [-0.25, -0.2) is 0 Å². The van der Waals surface area contributed by atoms with E-state index in [0.29, 0.717) is 12.3 Å². The van der Waals surface area contributed by atoms with Crippen molar-refractivity contribution in [1.82, 2.24) is 0 Å². The first-order valence-electron chi connectivity index (χ1n) is 6.70. The third kappa shape index (κ3) is 2.92. The number of hydrogen-bond donors (Lipinski definition) is 1. The molecule has 0 bridgehead atoms. The minimum atomic E-state index is -0.819. The second kappa shape index (κ2) is 5.94. The molecule has 5 heteroatoms. The Kier molecular flexibility index (Phi) is 4.27. The number of carbonyl (C=O) groups excluding carboxylic acids is 1. The molecule has 0 aromatic heterocycles. The topological polar surface area (TPSA) is 66.8 Å². The minimum Gasteiger partial charge on any atom is -0.497 e. The van der Waals surface area contributed by atoms with E-state index in [0.717, 1.165) is 24.1 Å². The number of amides is 1. The van der Waals surface area contributed by atoms with Gasteiger partial charge in [0.05, 0.1) is 13.5 Å². The number of carboxylic acids is 1. The van der Waals surface area contributed by atoms with Gasteiger partial charge >= 0.3 is 5.97 Å². The van der Waals surface area contributed by atoms with E-state index in [1.54, 1.807) is 18.1 Å². The predicted octanol–water partition coefficient (Wildman–Crippen LogP) is 2.40. The molecule has 1 unspecified atom stereocenters. The van der Waals surface area contributed by atoms with Crippen LogP contribution in [0.5, 0.6) is 5.75 Å². The van der Waals surface area contributed by atoms with Gasteiger partial charge in [0.15, 0.2) is 0 Å². The molecule has 5 nitrogen and oxygen atoms in total. The van der Waals surface area contributed by atoms with E-state index in [1.807, 2.05) is 12.1 Å². The zero-order chi connectivity index (χ0) is 14.7. The summed E-state index contributed by atoms with van der Waals surface area (Å²) in [5, 5.41) is 9.07. The first-order chi connectivity index (χ1) is 9.52. The average Bonchev–Trinajstić information content (AvgIpc) is 2.57. The van der Waals surface area contributed by atoms with Crippen LogP contribution in [0.3, 0.4) is 0 Å². The molecule has 1 aliphatic heterocycles. The fraction of sp³-hybridized carbons (Fsp3) is 0.467. The van der Waals surface area contributed by atoms with Crippen LogP contribution in [0.1, 0.15) is 37.7 Å². The van der Waals surface area contributed by atoms with E-state index in [4.69, 9.17) is 9.84 Å². The summed E-state index contributed by atoms with van der Waals surface area (Å²) in [6.45, 7) is 2.16. The lowest BCUT2D eigenvalue weighted by Crippen LogP contribution is -2.29. The standard InChI is InChI=1S/C15H19NO4/c1-10(17)16-7-3-4-11(8-15(18)19)13-9-12(20-2)5-6-14(13)16/h5-6,9,11H,3-4,7-8H2,1-2H3,(H,18,19). The maximum atomic E-state index is 11.8. The Balaban J connectivity index is 2.48. The average molecular weight is 277 g/mol. The summed E-state index contributed by atoms with van der Waals surface area (Å²) in [5.41, 5.74) is 1.70. The molecule has 1 aromatic carbocycles. The summed E-state index contributed by atoms with van der Waals surface area (Å²) >= 11 is 0. The van der Waals surface area contributed by atoms with Crippen LogP contribution in [-0.4, -0.2) is 30.6 Å². The highest BCUT2D eigenvalue weighted by atomic mass is 16.5. The van der Waals surface area contributed by atoms with Crippen molar-refractivity contribution in [1.29, 1.82) is 0 Å². The van der Waals surface area contributed by atoms with E-state index in [2.05, 4.69) is 0 Å². The van der Waals surface area contributed by atoms with Gasteiger partial charge in [0, 0.05) is 19.2 Å². The molecule has 0 aliphatic carbocycles. The Bertz CT molecular complexity index is 527. The second-order valence-electron chi connectivity index (χ2n) is 5.03. The number of carbonyl (C=O) groups is 2. The summed E-state index contributed by atoms with van der Waals surface area (Å²) in [5.74, 6) is -0.237. The molecule has 2 rings (SSSR count). The lowest BCUT2D eigenvalue weighted by Gasteiger charge is -2.23. The first kappa shape index (κ1) is 14.4. The van der Waals surface area contributed by atoms with Gasteiger partial charge in [-0.1, -0.05) is 0 Å². The summed E-state index contributed by atoms with van der Waals surface area (Å²) in [6.07, 6.45) is 1.64. The first-order valence-corrected chi connectivity index (χ1v) is 6.70. The van der Waals surface area contributed by atoms with Crippen LogP contribution in [0.25, 0.3) is 0 Å². The van der Waals surface area contributed by atoms with Gasteiger partial charge in [-0.15, -0.1) is 0 Å². The van der Waals surface area contributed by atoms with Crippen LogP contribution >= 0.6 is 0 Å². The number of benzene rings is 1. The maximum Gasteiger partial charge on any atom is 0.303 e. The molecule has 1 heterocycles. The normalized spacial score (nSPS) is 18.1. The summed E-state index contributed by atoms with van der Waals surface area (Å²) in [7, 11) is 1.58. The molecule has 1 N–H and O–H groups in total. The molecular formula is C15H19NO4. The quantitative estimate of drug-likeness (QED) is 0.921. The van der Waals surface area contributed by atoms with E-state index in [9.17, 15) is 9.59 Å². The Morgan fingerprint density at radius 1 is 1.45 bits per heavy atom. The molecule has 1 atom stereocenters. The Morgan fingerprint density at radius 3 is 2.80 bits per heavy atom. The molecule has 0 saturated carbocycles. The number of carboxylic acid groups (broad SMARTS) is 1. The lowest BCUT2D eigenvalue weighted by atomic mass is 9.91. The van der Waals surface area contributed by atoms with E-state index in [-0.39, 0.29) is 18.2 Å². The van der Waals surface area contributed by atoms with Crippen molar-refractivity contribution in [2.45, 2.75) is 32.1 Å². The lowest BCUT2D eigenvalue weighted by molar-refractivity contribution is -0.137. The molecule has 0 fully saturated rings. The number of rotatable bonds is 3.